The number of fused-ring (bicyclic) bond motifs is 1. The maximum absolute atomic E-state index is 12.3. The van der Waals surface area contributed by atoms with Crippen LogP contribution in [0.3, 0.4) is 0 Å². The zero-order valence-corrected chi connectivity index (χ0v) is 13.2. The van der Waals surface area contributed by atoms with Gasteiger partial charge in [0.2, 0.25) is 0 Å². The minimum atomic E-state index is -0.0572. The molecule has 0 spiro atoms. The molecule has 0 saturated carbocycles. The fourth-order valence-electron chi connectivity index (χ4n) is 2.71. The smallest absolute Gasteiger partial charge is 0.267 e. The number of anilines is 1. The molecule has 4 heteroatoms. The van der Waals surface area contributed by atoms with Gasteiger partial charge in [0.15, 0.2) is 6.61 Å². The summed E-state index contributed by atoms with van der Waals surface area (Å²) in [6, 6.07) is 16.0. The number of rotatable bonds is 4. The van der Waals surface area contributed by atoms with Gasteiger partial charge in [-0.1, -0.05) is 53.2 Å². The van der Waals surface area contributed by atoms with E-state index in [-0.39, 0.29) is 12.5 Å². The highest BCUT2D eigenvalue weighted by Crippen LogP contribution is 2.26. The normalized spacial score (nSPS) is 13.9. The third-order valence-electron chi connectivity index (χ3n) is 3.95. The second-order valence-electron chi connectivity index (χ2n) is 5.70. The predicted octanol–water partition coefficient (Wildman–Crippen LogP) is 3.32. The summed E-state index contributed by atoms with van der Waals surface area (Å²) in [4.78, 5) is 19.3. The largest absolute Gasteiger partial charge is 0.386 e. The lowest BCUT2D eigenvalue weighted by Crippen LogP contribution is -2.37. The van der Waals surface area contributed by atoms with E-state index in [1.54, 1.807) is 11.1 Å². The van der Waals surface area contributed by atoms with E-state index in [0.29, 0.717) is 0 Å². The second kappa shape index (κ2) is 7.09. The lowest BCUT2D eigenvalue weighted by Gasteiger charge is -2.28. The molecule has 0 N–H and O–H groups in total. The minimum absolute atomic E-state index is 0.0449. The van der Waals surface area contributed by atoms with E-state index in [9.17, 15) is 4.79 Å². The molecule has 1 aliphatic rings. The van der Waals surface area contributed by atoms with E-state index >= 15 is 0 Å². The molecule has 0 unspecified atom stereocenters. The number of hydrogen-bond donors (Lipinski definition) is 0. The Bertz CT molecular complexity index is 708. The van der Waals surface area contributed by atoms with Gasteiger partial charge < -0.3 is 9.74 Å². The van der Waals surface area contributed by atoms with Crippen LogP contribution in [0, 0.1) is 6.92 Å². The van der Waals surface area contributed by atoms with Crippen LogP contribution in [0.5, 0.6) is 0 Å². The van der Waals surface area contributed by atoms with Gasteiger partial charge in [0.05, 0.1) is 6.21 Å². The van der Waals surface area contributed by atoms with Crippen molar-refractivity contribution in [1.29, 1.82) is 0 Å². The van der Waals surface area contributed by atoms with Crippen LogP contribution < -0.4 is 4.90 Å². The Morgan fingerprint density at radius 3 is 2.83 bits per heavy atom. The zero-order valence-electron chi connectivity index (χ0n) is 13.2. The quantitative estimate of drug-likeness (QED) is 0.642. The van der Waals surface area contributed by atoms with Gasteiger partial charge in [-0.2, -0.15) is 0 Å². The molecule has 1 amide bonds. The van der Waals surface area contributed by atoms with Gasteiger partial charge >= 0.3 is 0 Å². The Morgan fingerprint density at radius 1 is 1.22 bits per heavy atom. The molecular formula is C19H20N2O2. The second-order valence-corrected chi connectivity index (χ2v) is 5.70. The first-order chi connectivity index (χ1) is 11.2. The monoisotopic (exact) mass is 308 g/mol. The fourth-order valence-corrected chi connectivity index (χ4v) is 2.71. The number of nitrogens with zero attached hydrogens (tertiary/aromatic N) is 2. The maximum Gasteiger partial charge on any atom is 0.267 e. The third kappa shape index (κ3) is 3.77. The van der Waals surface area contributed by atoms with E-state index in [2.05, 4.69) is 11.2 Å². The maximum atomic E-state index is 12.3. The van der Waals surface area contributed by atoms with E-state index in [1.165, 1.54) is 11.1 Å². The summed E-state index contributed by atoms with van der Waals surface area (Å²) in [6.07, 6.45) is 3.62. The minimum Gasteiger partial charge on any atom is -0.386 e. The number of para-hydroxylation sites is 1. The number of hydrogen-bond acceptors (Lipinski definition) is 3. The van der Waals surface area contributed by atoms with Crippen molar-refractivity contribution in [3.05, 3.63) is 65.2 Å². The van der Waals surface area contributed by atoms with Crippen molar-refractivity contribution in [2.75, 3.05) is 18.1 Å². The van der Waals surface area contributed by atoms with E-state index < -0.39 is 0 Å². The van der Waals surface area contributed by atoms with Gasteiger partial charge in [-0.3, -0.25) is 4.79 Å². The number of carbonyl (C=O) groups is 1. The summed E-state index contributed by atoms with van der Waals surface area (Å²) < 4.78 is 0. The molecule has 1 heterocycles. The van der Waals surface area contributed by atoms with Crippen LogP contribution in [0.25, 0.3) is 0 Å². The number of oxime groups is 1. The summed E-state index contributed by atoms with van der Waals surface area (Å²) in [7, 11) is 0. The number of aryl methyl sites for hydroxylation is 2. The average molecular weight is 308 g/mol. The molecule has 2 aromatic carbocycles. The van der Waals surface area contributed by atoms with Crippen molar-refractivity contribution in [2.24, 2.45) is 5.16 Å². The van der Waals surface area contributed by atoms with Crippen LogP contribution in [0.2, 0.25) is 0 Å². The number of carbonyl (C=O) groups excluding carboxylic acids is 1. The highest BCUT2D eigenvalue weighted by molar-refractivity contribution is 5.95. The summed E-state index contributed by atoms with van der Waals surface area (Å²) in [5, 5.41) is 3.89. The van der Waals surface area contributed by atoms with Crippen molar-refractivity contribution in [2.45, 2.75) is 19.8 Å². The lowest BCUT2D eigenvalue weighted by atomic mass is 10.0. The van der Waals surface area contributed by atoms with Crippen LogP contribution in [0.15, 0.2) is 53.7 Å². The number of amides is 1. The molecule has 0 aromatic heterocycles. The van der Waals surface area contributed by atoms with Crippen LogP contribution in [0.1, 0.15) is 23.1 Å². The van der Waals surface area contributed by atoms with Gasteiger partial charge in [-0.05, 0) is 37.0 Å². The van der Waals surface area contributed by atoms with Crippen molar-refractivity contribution in [1.82, 2.24) is 0 Å². The van der Waals surface area contributed by atoms with Crippen LogP contribution >= 0.6 is 0 Å². The molecule has 0 bridgehead atoms. The molecule has 3 rings (SSSR count). The molecule has 0 saturated heterocycles. The Morgan fingerprint density at radius 2 is 2.00 bits per heavy atom. The molecule has 0 radical (unpaired) electrons. The van der Waals surface area contributed by atoms with Gasteiger partial charge in [0, 0.05) is 12.2 Å². The third-order valence-corrected chi connectivity index (χ3v) is 3.95. The summed E-state index contributed by atoms with van der Waals surface area (Å²) >= 11 is 0. The van der Waals surface area contributed by atoms with Crippen LogP contribution in [0.4, 0.5) is 5.69 Å². The van der Waals surface area contributed by atoms with Crippen molar-refractivity contribution < 1.29 is 9.63 Å². The van der Waals surface area contributed by atoms with E-state index in [0.717, 1.165) is 30.6 Å². The Labute approximate surface area is 136 Å². The van der Waals surface area contributed by atoms with Crippen molar-refractivity contribution >= 4 is 17.8 Å². The molecule has 23 heavy (non-hydrogen) atoms. The molecule has 1 aliphatic heterocycles. The van der Waals surface area contributed by atoms with E-state index in [1.807, 2.05) is 49.4 Å². The molecular weight excluding hydrogens is 288 g/mol. The molecule has 4 nitrogen and oxygen atoms in total. The molecule has 0 aliphatic carbocycles. The summed E-state index contributed by atoms with van der Waals surface area (Å²) in [6.45, 7) is 2.73. The number of benzene rings is 2. The molecule has 0 atom stereocenters. The molecule has 118 valence electrons. The van der Waals surface area contributed by atoms with Crippen molar-refractivity contribution in [3.63, 3.8) is 0 Å². The van der Waals surface area contributed by atoms with Gasteiger partial charge in [-0.15, -0.1) is 0 Å². The van der Waals surface area contributed by atoms with Crippen LogP contribution in [-0.4, -0.2) is 25.3 Å². The van der Waals surface area contributed by atoms with Gasteiger partial charge in [-0.25, -0.2) is 0 Å². The van der Waals surface area contributed by atoms with Gasteiger partial charge in [0.1, 0.15) is 0 Å². The standard InChI is InChI=1S/C19H20N2O2/c1-15-8-10-16(11-9-15)13-20-23-14-19(22)21-12-4-6-17-5-2-3-7-18(17)21/h2-3,5,7-11,13H,4,6,12,14H2,1H3/b20-13-. The fraction of sp³-hybridized carbons (Fsp3) is 0.263. The van der Waals surface area contributed by atoms with Crippen LogP contribution in [-0.2, 0) is 16.1 Å². The topological polar surface area (TPSA) is 41.9 Å². The zero-order chi connectivity index (χ0) is 16.1. The first kappa shape index (κ1) is 15.3. The predicted molar refractivity (Wildman–Crippen MR) is 91.8 cm³/mol. The molecule has 0 fully saturated rings. The SMILES string of the molecule is Cc1ccc(/C=N\OCC(=O)N2CCCc3ccccc32)cc1. The Balaban J connectivity index is 1.57. The first-order valence-corrected chi connectivity index (χ1v) is 7.84. The highest BCUT2D eigenvalue weighted by Gasteiger charge is 2.22. The Kier molecular flexibility index (Phi) is 4.71. The average Bonchev–Trinajstić information content (AvgIpc) is 2.59. The van der Waals surface area contributed by atoms with E-state index in [4.69, 9.17) is 4.84 Å². The summed E-state index contributed by atoms with van der Waals surface area (Å²) in [5.74, 6) is -0.0572. The van der Waals surface area contributed by atoms with Crippen molar-refractivity contribution in [3.8, 4) is 0 Å². The van der Waals surface area contributed by atoms with Gasteiger partial charge in [0.25, 0.3) is 5.91 Å². The summed E-state index contributed by atoms with van der Waals surface area (Å²) in [5.41, 5.74) is 4.36. The highest BCUT2D eigenvalue weighted by atomic mass is 16.6. The molecule has 2 aromatic rings. The Hall–Kier alpha value is -2.62. The first-order valence-electron chi connectivity index (χ1n) is 7.84. The lowest BCUT2D eigenvalue weighted by molar-refractivity contribution is -0.123.